The second-order valence-corrected chi connectivity index (χ2v) is 5.29. The maximum absolute atomic E-state index is 8.90. The molecule has 1 N–H and O–H groups in total. The van der Waals surface area contributed by atoms with Crippen LogP contribution in [0.4, 0.5) is 5.69 Å². The monoisotopic (exact) mass is 243 g/mol. The van der Waals surface area contributed by atoms with E-state index >= 15 is 0 Å². The van der Waals surface area contributed by atoms with Crippen molar-refractivity contribution < 1.29 is 0 Å². The van der Waals surface area contributed by atoms with E-state index in [1.54, 1.807) is 0 Å². The first-order valence-electron chi connectivity index (χ1n) is 6.62. The molecule has 1 aliphatic rings. The fourth-order valence-electron chi connectivity index (χ4n) is 2.60. The molecule has 2 rings (SSSR count). The molecule has 1 unspecified atom stereocenters. The topological polar surface area (TPSA) is 39.1 Å². The van der Waals surface area contributed by atoms with Crippen molar-refractivity contribution >= 4 is 5.69 Å². The molecule has 0 amide bonds. The van der Waals surface area contributed by atoms with Crippen LogP contribution < -0.4 is 5.32 Å². The molecule has 1 fully saturated rings. The lowest BCUT2D eigenvalue weighted by Gasteiger charge is -2.30. The van der Waals surface area contributed by atoms with Gasteiger partial charge in [0.05, 0.1) is 11.6 Å². The molecular formula is C15H21N3. The minimum Gasteiger partial charge on any atom is -0.385 e. The first kappa shape index (κ1) is 12.9. The van der Waals surface area contributed by atoms with Crippen molar-refractivity contribution in [3.8, 4) is 6.07 Å². The average Bonchev–Trinajstić information content (AvgIpc) is 2.37. The van der Waals surface area contributed by atoms with Crippen LogP contribution >= 0.6 is 0 Å². The Labute approximate surface area is 109 Å². The standard InChI is InChI=1S/C15H21N3/c1-12-8-15(6-5-14(12)9-16)17-10-13-4-3-7-18(2)11-13/h5-6,8,13,17H,3-4,7,10-11H2,1-2H3. The highest BCUT2D eigenvalue weighted by atomic mass is 15.1. The third-order valence-corrected chi connectivity index (χ3v) is 3.66. The summed E-state index contributed by atoms with van der Waals surface area (Å²) in [4.78, 5) is 2.40. The summed E-state index contributed by atoms with van der Waals surface area (Å²) in [7, 11) is 2.19. The highest BCUT2D eigenvalue weighted by Crippen LogP contribution is 2.18. The highest BCUT2D eigenvalue weighted by molar-refractivity contribution is 5.51. The van der Waals surface area contributed by atoms with Crippen LogP contribution in [0, 0.1) is 24.2 Å². The van der Waals surface area contributed by atoms with Crippen LogP contribution in [-0.2, 0) is 0 Å². The Kier molecular flexibility index (Phi) is 4.22. The molecule has 18 heavy (non-hydrogen) atoms. The fourth-order valence-corrected chi connectivity index (χ4v) is 2.60. The number of hydrogen-bond donors (Lipinski definition) is 1. The van der Waals surface area contributed by atoms with Crippen molar-refractivity contribution in [3.05, 3.63) is 29.3 Å². The van der Waals surface area contributed by atoms with Crippen LogP contribution in [0.5, 0.6) is 0 Å². The van der Waals surface area contributed by atoms with Gasteiger partial charge in [0.15, 0.2) is 0 Å². The zero-order chi connectivity index (χ0) is 13.0. The molecule has 1 aliphatic heterocycles. The maximum atomic E-state index is 8.90. The van der Waals surface area contributed by atoms with Crippen molar-refractivity contribution in [2.24, 2.45) is 5.92 Å². The number of rotatable bonds is 3. The van der Waals surface area contributed by atoms with Gasteiger partial charge in [-0.25, -0.2) is 0 Å². The summed E-state index contributed by atoms with van der Waals surface area (Å²) >= 11 is 0. The third kappa shape index (κ3) is 3.24. The van der Waals surface area contributed by atoms with Gasteiger partial charge >= 0.3 is 0 Å². The van der Waals surface area contributed by atoms with Gasteiger partial charge < -0.3 is 10.2 Å². The van der Waals surface area contributed by atoms with Crippen molar-refractivity contribution in [1.29, 1.82) is 5.26 Å². The minimum atomic E-state index is 0.736. The van der Waals surface area contributed by atoms with E-state index < -0.39 is 0 Å². The van der Waals surface area contributed by atoms with Crippen LogP contribution in [0.2, 0.25) is 0 Å². The van der Waals surface area contributed by atoms with Crippen molar-refractivity contribution in [2.75, 3.05) is 32.0 Å². The van der Waals surface area contributed by atoms with Gasteiger partial charge in [0.2, 0.25) is 0 Å². The lowest BCUT2D eigenvalue weighted by molar-refractivity contribution is 0.217. The van der Waals surface area contributed by atoms with Gasteiger partial charge in [-0.2, -0.15) is 5.26 Å². The minimum absolute atomic E-state index is 0.736. The van der Waals surface area contributed by atoms with Crippen molar-refractivity contribution in [3.63, 3.8) is 0 Å². The lowest BCUT2D eigenvalue weighted by atomic mass is 9.98. The first-order chi connectivity index (χ1) is 8.69. The molecule has 0 bridgehead atoms. The number of aryl methyl sites for hydroxylation is 1. The summed E-state index contributed by atoms with van der Waals surface area (Å²) in [6.45, 7) is 5.42. The van der Waals surface area contributed by atoms with E-state index in [-0.39, 0.29) is 0 Å². The molecule has 96 valence electrons. The molecule has 0 saturated carbocycles. The van der Waals surface area contributed by atoms with E-state index in [1.807, 2.05) is 19.1 Å². The Morgan fingerprint density at radius 3 is 3.00 bits per heavy atom. The van der Waals surface area contributed by atoms with Gasteiger partial charge in [-0.05, 0) is 63.0 Å². The third-order valence-electron chi connectivity index (χ3n) is 3.66. The highest BCUT2D eigenvalue weighted by Gasteiger charge is 2.16. The molecule has 1 saturated heterocycles. The first-order valence-corrected chi connectivity index (χ1v) is 6.62. The lowest BCUT2D eigenvalue weighted by Crippen LogP contribution is -2.35. The number of likely N-dealkylation sites (tertiary alicyclic amines) is 1. The molecule has 0 radical (unpaired) electrons. The summed E-state index contributed by atoms with van der Waals surface area (Å²) in [6, 6.07) is 8.15. The van der Waals surface area contributed by atoms with Gasteiger partial charge in [0.25, 0.3) is 0 Å². The molecule has 0 aromatic heterocycles. The Bertz CT molecular complexity index is 448. The van der Waals surface area contributed by atoms with Gasteiger partial charge in [-0.3, -0.25) is 0 Å². The Morgan fingerprint density at radius 1 is 1.50 bits per heavy atom. The smallest absolute Gasteiger partial charge is 0.0994 e. The van der Waals surface area contributed by atoms with E-state index in [9.17, 15) is 0 Å². The molecular weight excluding hydrogens is 222 g/mol. The van der Waals surface area contributed by atoms with Crippen LogP contribution in [0.1, 0.15) is 24.0 Å². The summed E-state index contributed by atoms with van der Waals surface area (Å²) in [5.74, 6) is 0.736. The average molecular weight is 243 g/mol. The number of anilines is 1. The van der Waals surface area contributed by atoms with Crippen molar-refractivity contribution in [2.45, 2.75) is 19.8 Å². The predicted molar refractivity (Wildman–Crippen MR) is 74.6 cm³/mol. The van der Waals surface area contributed by atoms with E-state index in [1.165, 1.54) is 25.9 Å². The second-order valence-electron chi connectivity index (χ2n) is 5.29. The summed E-state index contributed by atoms with van der Waals surface area (Å²) in [5.41, 5.74) is 2.93. The molecule has 3 nitrogen and oxygen atoms in total. The van der Waals surface area contributed by atoms with E-state index in [2.05, 4.69) is 29.4 Å². The van der Waals surface area contributed by atoms with Crippen LogP contribution in [0.3, 0.4) is 0 Å². The summed E-state index contributed by atoms with van der Waals surface area (Å²) in [6.07, 6.45) is 2.61. The zero-order valence-electron chi connectivity index (χ0n) is 11.2. The Hall–Kier alpha value is -1.53. The van der Waals surface area contributed by atoms with Crippen LogP contribution in [-0.4, -0.2) is 31.6 Å². The number of nitrogens with zero attached hydrogens (tertiary/aromatic N) is 2. The number of piperidine rings is 1. The predicted octanol–water partition coefficient (Wildman–Crippen LogP) is 2.62. The van der Waals surface area contributed by atoms with Gasteiger partial charge in [-0.15, -0.1) is 0 Å². The quantitative estimate of drug-likeness (QED) is 0.887. The summed E-state index contributed by atoms with van der Waals surface area (Å²) < 4.78 is 0. The molecule has 1 heterocycles. The number of nitrogens with one attached hydrogen (secondary N) is 1. The van der Waals surface area contributed by atoms with E-state index in [0.29, 0.717) is 0 Å². The van der Waals surface area contributed by atoms with Gasteiger partial charge in [0, 0.05) is 18.8 Å². The maximum Gasteiger partial charge on any atom is 0.0994 e. The second kappa shape index (κ2) is 5.88. The summed E-state index contributed by atoms with van der Waals surface area (Å²) in [5, 5.41) is 12.4. The SMILES string of the molecule is Cc1cc(NCC2CCCN(C)C2)ccc1C#N. The molecule has 1 atom stereocenters. The van der Waals surface area contributed by atoms with Crippen LogP contribution in [0.15, 0.2) is 18.2 Å². The number of nitriles is 1. The molecule has 3 heteroatoms. The van der Waals surface area contributed by atoms with Crippen molar-refractivity contribution in [1.82, 2.24) is 4.90 Å². The number of hydrogen-bond acceptors (Lipinski definition) is 3. The van der Waals surface area contributed by atoms with Gasteiger partial charge in [0.1, 0.15) is 0 Å². The number of benzene rings is 1. The molecule has 0 spiro atoms. The van der Waals surface area contributed by atoms with E-state index in [4.69, 9.17) is 5.26 Å². The van der Waals surface area contributed by atoms with Crippen LogP contribution in [0.25, 0.3) is 0 Å². The van der Waals surface area contributed by atoms with Gasteiger partial charge in [-0.1, -0.05) is 0 Å². The van der Waals surface area contributed by atoms with E-state index in [0.717, 1.165) is 29.3 Å². The normalized spacial score (nSPS) is 20.4. The Morgan fingerprint density at radius 2 is 2.33 bits per heavy atom. The zero-order valence-corrected chi connectivity index (χ0v) is 11.2. The molecule has 1 aromatic carbocycles. The molecule has 0 aliphatic carbocycles. The Balaban J connectivity index is 1.90. The fraction of sp³-hybridized carbons (Fsp3) is 0.533. The largest absolute Gasteiger partial charge is 0.385 e. The molecule has 1 aromatic rings.